The van der Waals surface area contributed by atoms with Crippen LogP contribution >= 0.6 is 0 Å². The fourth-order valence-corrected chi connectivity index (χ4v) is 2.37. The fraction of sp³-hybridized carbons (Fsp3) is 0.778. The van der Waals surface area contributed by atoms with Crippen LogP contribution in [0, 0.1) is 0 Å². The lowest BCUT2D eigenvalue weighted by molar-refractivity contribution is 0.489. The summed E-state index contributed by atoms with van der Waals surface area (Å²) in [6.45, 7) is 5.93. The molecule has 1 unspecified atom stereocenters. The summed E-state index contributed by atoms with van der Waals surface area (Å²) >= 11 is 0. The first-order valence-corrected chi connectivity index (χ1v) is 8.34. The molecular formula is C18H35N. The highest BCUT2D eigenvalue weighted by atomic mass is 14.6. The standard InChI is InChI=1S/C18H35N/c1-3-5-7-9-10-11-12-13-15-17-18(19)16-14-8-6-4-2/h3,5,7,18H,1,4,6,8-17,19H2,2H3/b7-5+. The highest BCUT2D eigenvalue weighted by Gasteiger charge is 2.01. The number of allylic oxidation sites excluding steroid dienone is 3. The van der Waals surface area contributed by atoms with Crippen LogP contribution in [0.15, 0.2) is 24.8 Å². The molecule has 1 atom stereocenters. The van der Waals surface area contributed by atoms with Gasteiger partial charge in [-0.25, -0.2) is 0 Å². The Kier molecular flexibility index (Phi) is 15.0. The molecular weight excluding hydrogens is 230 g/mol. The van der Waals surface area contributed by atoms with Crippen LogP contribution in [-0.2, 0) is 0 Å². The molecule has 0 aromatic heterocycles. The second-order valence-electron chi connectivity index (χ2n) is 5.62. The molecule has 0 heterocycles. The molecule has 2 N–H and O–H groups in total. The van der Waals surface area contributed by atoms with Crippen molar-refractivity contribution in [2.24, 2.45) is 5.73 Å². The molecule has 112 valence electrons. The maximum atomic E-state index is 6.13. The van der Waals surface area contributed by atoms with Crippen molar-refractivity contribution in [2.45, 2.75) is 90.0 Å². The molecule has 0 spiro atoms. The van der Waals surface area contributed by atoms with Gasteiger partial charge in [-0.2, -0.15) is 0 Å². The van der Waals surface area contributed by atoms with E-state index in [2.05, 4.69) is 19.6 Å². The van der Waals surface area contributed by atoms with Crippen LogP contribution in [0.25, 0.3) is 0 Å². The van der Waals surface area contributed by atoms with Gasteiger partial charge in [-0.15, -0.1) is 0 Å². The topological polar surface area (TPSA) is 26.0 Å². The lowest BCUT2D eigenvalue weighted by atomic mass is 10.0. The zero-order valence-corrected chi connectivity index (χ0v) is 13.1. The molecule has 0 saturated heterocycles. The normalized spacial score (nSPS) is 12.9. The van der Waals surface area contributed by atoms with Gasteiger partial charge in [0.15, 0.2) is 0 Å². The predicted octanol–water partition coefficient (Wildman–Crippen LogP) is 5.76. The van der Waals surface area contributed by atoms with E-state index in [1.165, 1.54) is 77.0 Å². The molecule has 0 radical (unpaired) electrons. The van der Waals surface area contributed by atoms with Crippen molar-refractivity contribution in [3.8, 4) is 0 Å². The van der Waals surface area contributed by atoms with Crippen molar-refractivity contribution in [1.82, 2.24) is 0 Å². The van der Waals surface area contributed by atoms with E-state index < -0.39 is 0 Å². The molecule has 1 nitrogen and oxygen atoms in total. The van der Waals surface area contributed by atoms with Gasteiger partial charge in [0.2, 0.25) is 0 Å². The zero-order valence-electron chi connectivity index (χ0n) is 13.1. The van der Waals surface area contributed by atoms with Crippen molar-refractivity contribution in [2.75, 3.05) is 0 Å². The Hall–Kier alpha value is -0.560. The van der Waals surface area contributed by atoms with E-state index in [4.69, 9.17) is 5.73 Å². The van der Waals surface area contributed by atoms with Gasteiger partial charge in [-0.05, 0) is 25.7 Å². The van der Waals surface area contributed by atoms with E-state index >= 15 is 0 Å². The third-order valence-electron chi connectivity index (χ3n) is 3.65. The fourth-order valence-electron chi connectivity index (χ4n) is 2.37. The summed E-state index contributed by atoms with van der Waals surface area (Å²) in [5.74, 6) is 0. The third kappa shape index (κ3) is 15.4. The van der Waals surface area contributed by atoms with E-state index in [1.54, 1.807) is 0 Å². The second kappa shape index (κ2) is 15.5. The lowest BCUT2D eigenvalue weighted by Crippen LogP contribution is -2.19. The van der Waals surface area contributed by atoms with Gasteiger partial charge in [0, 0.05) is 6.04 Å². The second-order valence-corrected chi connectivity index (χ2v) is 5.62. The van der Waals surface area contributed by atoms with Crippen molar-refractivity contribution in [3.63, 3.8) is 0 Å². The van der Waals surface area contributed by atoms with E-state index in [-0.39, 0.29) is 0 Å². The smallest absolute Gasteiger partial charge is 0.00388 e. The summed E-state index contributed by atoms with van der Waals surface area (Å²) in [6.07, 6.45) is 21.8. The molecule has 19 heavy (non-hydrogen) atoms. The van der Waals surface area contributed by atoms with Crippen LogP contribution in [-0.4, -0.2) is 6.04 Å². The number of hydrogen-bond acceptors (Lipinski definition) is 1. The molecule has 0 amide bonds. The van der Waals surface area contributed by atoms with Gasteiger partial charge in [0.05, 0.1) is 0 Å². The Morgan fingerprint density at radius 1 is 0.895 bits per heavy atom. The highest BCUT2D eigenvalue weighted by molar-refractivity contribution is 4.96. The van der Waals surface area contributed by atoms with E-state index in [0.29, 0.717) is 6.04 Å². The monoisotopic (exact) mass is 265 g/mol. The minimum Gasteiger partial charge on any atom is -0.328 e. The number of unbranched alkanes of at least 4 members (excludes halogenated alkanes) is 8. The molecule has 1 heteroatoms. The lowest BCUT2D eigenvalue weighted by Gasteiger charge is -2.10. The van der Waals surface area contributed by atoms with Gasteiger partial charge in [-0.3, -0.25) is 0 Å². The van der Waals surface area contributed by atoms with Crippen LogP contribution in [0.3, 0.4) is 0 Å². The largest absolute Gasteiger partial charge is 0.328 e. The number of nitrogens with two attached hydrogens (primary N) is 1. The van der Waals surface area contributed by atoms with Crippen molar-refractivity contribution < 1.29 is 0 Å². The average molecular weight is 265 g/mol. The molecule has 0 saturated carbocycles. The van der Waals surface area contributed by atoms with Gasteiger partial charge < -0.3 is 5.73 Å². The van der Waals surface area contributed by atoms with Gasteiger partial charge in [0.25, 0.3) is 0 Å². The number of hydrogen-bond donors (Lipinski definition) is 1. The van der Waals surface area contributed by atoms with Crippen LogP contribution in [0.5, 0.6) is 0 Å². The van der Waals surface area contributed by atoms with Gasteiger partial charge >= 0.3 is 0 Å². The molecule has 0 rings (SSSR count). The molecule has 0 aromatic rings. The minimum absolute atomic E-state index is 0.451. The quantitative estimate of drug-likeness (QED) is 0.314. The van der Waals surface area contributed by atoms with Crippen LogP contribution in [0.4, 0.5) is 0 Å². The number of rotatable bonds is 14. The first-order chi connectivity index (χ1) is 9.31. The molecule has 0 aliphatic rings. The third-order valence-corrected chi connectivity index (χ3v) is 3.65. The summed E-state index contributed by atoms with van der Waals surface area (Å²) in [4.78, 5) is 0. The summed E-state index contributed by atoms with van der Waals surface area (Å²) in [6, 6.07) is 0.451. The van der Waals surface area contributed by atoms with Gasteiger partial charge in [-0.1, -0.05) is 83.1 Å². The zero-order chi connectivity index (χ0) is 14.2. The van der Waals surface area contributed by atoms with Crippen LogP contribution in [0.2, 0.25) is 0 Å². The van der Waals surface area contributed by atoms with Crippen LogP contribution < -0.4 is 5.73 Å². The maximum absolute atomic E-state index is 6.13. The summed E-state index contributed by atoms with van der Waals surface area (Å²) in [5, 5.41) is 0. The first-order valence-electron chi connectivity index (χ1n) is 8.34. The molecule has 0 aromatic carbocycles. The Labute approximate surface area is 121 Å². The predicted molar refractivity (Wildman–Crippen MR) is 88.4 cm³/mol. The highest BCUT2D eigenvalue weighted by Crippen LogP contribution is 2.12. The Morgan fingerprint density at radius 2 is 1.47 bits per heavy atom. The Morgan fingerprint density at radius 3 is 2.11 bits per heavy atom. The van der Waals surface area contributed by atoms with Gasteiger partial charge in [0.1, 0.15) is 0 Å². The average Bonchev–Trinajstić information content (AvgIpc) is 2.42. The van der Waals surface area contributed by atoms with E-state index in [9.17, 15) is 0 Å². The minimum atomic E-state index is 0.451. The Bertz CT molecular complexity index is 208. The maximum Gasteiger partial charge on any atom is 0.00388 e. The van der Waals surface area contributed by atoms with Crippen LogP contribution in [0.1, 0.15) is 84.0 Å². The Balaban J connectivity index is 3.15. The summed E-state index contributed by atoms with van der Waals surface area (Å²) in [5.41, 5.74) is 6.13. The molecule has 0 aliphatic carbocycles. The summed E-state index contributed by atoms with van der Waals surface area (Å²) in [7, 11) is 0. The van der Waals surface area contributed by atoms with Crippen molar-refractivity contribution >= 4 is 0 Å². The molecule has 0 fully saturated rings. The van der Waals surface area contributed by atoms with E-state index in [0.717, 1.165) is 0 Å². The van der Waals surface area contributed by atoms with Crippen molar-refractivity contribution in [3.05, 3.63) is 24.8 Å². The molecule has 0 bridgehead atoms. The van der Waals surface area contributed by atoms with Crippen molar-refractivity contribution in [1.29, 1.82) is 0 Å². The molecule has 0 aliphatic heterocycles. The van der Waals surface area contributed by atoms with E-state index in [1.807, 2.05) is 12.2 Å². The first kappa shape index (κ1) is 18.4. The summed E-state index contributed by atoms with van der Waals surface area (Å²) < 4.78 is 0. The SMILES string of the molecule is C=C/C=C/CCCCCCCC(N)CCCCCC.